The number of nitrogens with zero attached hydrogens (tertiary/aromatic N) is 1. The van der Waals surface area contributed by atoms with Gasteiger partial charge in [0.15, 0.2) is 0 Å². The molecule has 1 saturated heterocycles. The summed E-state index contributed by atoms with van der Waals surface area (Å²) in [4.78, 5) is 14.1. The van der Waals surface area contributed by atoms with Crippen molar-refractivity contribution in [3.05, 3.63) is 54.1 Å². The average Bonchev–Trinajstić information content (AvgIpc) is 3.14. The maximum atomic E-state index is 12.3. The number of carbonyl (C=O) groups is 1. The van der Waals surface area contributed by atoms with Gasteiger partial charge in [-0.25, -0.2) is 0 Å². The van der Waals surface area contributed by atoms with Crippen molar-refractivity contribution in [2.75, 3.05) is 33.9 Å². The summed E-state index contributed by atoms with van der Waals surface area (Å²) in [6.45, 7) is 1.94. The normalized spacial score (nSPS) is 16.9. The number of aliphatic hydroxyl groups is 1. The van der Waals surface area contributed by atoms with Crippen molar-refractivity contribution >= 4 is 5.91 Å². The third-order valence-electron chi connectivity index (χ3n) is 5.46. The van der Waals surface area contributed by atoms with Crippen molar-refractivity contribution in [2.45, 2.75) is 38.0 Å². The molecule has 2 N–H and O–H groups in total. The second-order valence-electron chi connectivity index (χ2n) is 7.70. The van der Waals surface area contributed by atoms with Gasteiger partial charge in [0.1, 0.15) is 30.0 Å². The molecule has 2 aromatic rings. The van der Waals surface area contributed by atoms with Crippen molar-refractivity contribution in [3.63, 3.8) is 0 Å². The molecule has 1 aliphatic heterocycles. The zero-order valence-electron chi connectivity index (χ0n) is 18.3. The molecule has 0 saturated carbocycles. The average molecular weight is 429 g/mol. The smallest absolute Gasteiger partial charge is 0.222 e. The molecular weight excluding hydrogens is 396 g/mol. The maximum absolute atomic E-state index is 12.3. The topological polar surface area (TPSA) is 80.3 Å². The first-order valence-corrected chi connectivity index (χ1v) is 10.7. The van der Waals surface area contributed by atoms with Gasteiger partial charge in [0, 0.05) is 25.1 Å². The molecule has 0 unspecified atom stereocenters. The SMILES string of the molecule is COc1cccc(CNCC[C@@H]2CCC(=O)N2C[C@@H](O)COc2cccc(OC)c2)c1. The Morgan fingerprint density at radius 1 is 1.10 bits per heavy atom. The van der Waals surface area contributed by atoms with Crippen LogP contribution < -0.4 is 19.5 Å². The Balaban J connectivity index is 1.42. The molecule has 1 amide bonds. The van der Waals surface area contributed by atoms with Crippen LogP contribution in [0, 0.1) is 0 Å². The molecule has 2 aromatic carbocycles. The van der Waals surface area contributed by atoms with Gasteiger partial charge in [-0.3, -0.25) is 4.79 Å². The Hall–Kier alpha value is -2.77. The van der Waals surface area contributed by atoms with Crippen molar-refractivity contribution in [1.82, 2.24) is 10.2 Å². The molecule has 2 atom stereocenters. The molecule has 3 rings (SSSR count). The number of hydrogen-bond acceptors (Lipinski definition) is 6. The van der Waals surface area contributed by atoms with Crippen LogP contribution in [0.4, 0.5) is 0 Å². The number of aliphatic hydroxyl groups excluding tert-OH is 1. The van der Waals surface area contributed by atoms with Crippen LogP contribution in [0.15, 0.2) is 48.5 Å². The molecular formula is C24H32N2O5. The fourth-order valence-electron chi connectivity index (χ4n) is 3.79. The fourth-order valence-corrected chi connectivity index (χ4v) is 3.79. The summed E-state index contributed by atoms with van der Waals surface area (Å²) in [6, 6.07) is 15.3. The molecule has 168 valence electrons. The van der Waals surface area contributed by atoms with Gasteiger partial charge in [-0.2, -0.15) is 0 Å². The van der Waals surface area contributed by atoms with Crippen LogP contribution in [0.3, 0.4) is 0 Å². The van der Waals surface area contributed by atoms with E-state index in [1.165, 1.54) is 0 Å². The van der Waals surface area contributed by atoms with Gasteiger partial charge in [-0.05, 0) is 49.2 Å². The number of rotatable bonds is 12. The van der Waals surface area contributed by atoms with E-state index in [2.05, 4.69) is 11.4 Å². The fraction of sp³-hybridized carbons (Fsp3) is 0.458. The minimum absolute atomic E-state index is 0.0956. The Morgan fingerprint density at radius 3 is 2.58 bits per heavy atom. The first-order valence-electron chi connectivity index (χ1n) is 10.7. The number of amides is 1. The molecule has 1 heterocycles. The highest BCUT2D eigenvalue weighted by molar-refractivity contribution is 5.78. The molecule has 31 heavy (non-hydrogen) atoms. The Bertz CT molecular complexity index is 844. The number of benzene rings is 2. The highest BCUT2D eigenvalue weighted by Crippen LogP contribution is 2.22. The van der Waals surface area contributed by atoms with Gasteiger partial charge in [-0.15, -0.1) is 0 Å². The van der Waals surface area contributed by atoms with Crippen LogP contribution in [0.5, 0.6) is 17.2 Å². The molecule has 7 nitrogen and oxygen atoms in total. The van der Waals surface area contributed by atoms with E-state index in [1.807, 2.05) is 36.4 Å². The lowest BCUT2D eigenvalue weighted by atomic mass is 10.1. The number of β-amino-alcohol motifs (C(OH)–C–C–N with tert-alkyl or cyclic N) is 1. The zero-order valence-corrected chi connectivity index (χ0v) is 18.3. The van der Waals surface area contributed by atoms with E-state index in [0.717, 1.165) is 37.2 Å². The molecule has 0 aliphatic carbocycles. The van der Waals surface area contributed by atoms with Gasteiger partial charge < -0.3 is 29.5 Å². The summed E-state index contributed by atoms with van der Waals surface area (Å²) in [5.74, 6) is 2.27. The molecule has 0 radical (unpaired) electrons. The standard InChI is InChI=1S/C24H32N2O5/c1-29-21-6-3-5-18(13-21)15-25-12-11-19-9-10-24(28)26(19)16-20(27)17-31-23-8-4-7-22(14-23)30-2/h3-8,13-14,19-20,25,27H,9-12,15-17H2,1-2H3/t19-,20+/m0/s1. The second-order valence-corrected chi connectivity index (χ2v) is 7.70. The number of likely N-dealkylation sites (tertiary alicyclic amines) is 1. The highest BCUT2D eigenvalue weighted by Gasteiger charge is 2.31. The third-order valence-corrected chi connectivity index (χ3v) is 5.46. The van der Waals surface area contributed by atoms with E-state index in [9.17, 15) is 9.90 Å². The Kier molecular flexibility index (Phi) is 8.55. The molecule has 0 spiro atoms. The molecule has 1 aliphatic rings. The van der Waals surface area contributed by atoms with Crippen molar-refractivity contribution in [2.24, 2.45) is 0 Å². The van der Waals surface area contributed by atoms with Crippen LogP contribution in [0.1, 0.15) is 24.8 Å². The molecule has 0 bridgehead atoms. The lowest BCUT2D eigenvalue weighted by molar-refractivity contribution is -0.130. The van der Waals surface area contributed by atoms with E-state index in [1.54, 1.807) is 25.2 Å². The number of hydrogen-bond donors (Lipinski definition) is 2. The molecule has 0 aromatic heterocycles. The lowest BCUT2D eigenvalue weighted by Gasteiger charge is -2.27. The van der Waals surface area contributed by atoms with Crippen molar-refractivity contribution in [3.8, 4) is 17.2 Å². The molecule has 1 fully saturated rings. The summed E-state index contributed by atoms with van der Waals surface area (Å²) in [5.41, 5.74) is 1.16. The van der Waals surface area contributed by atoms with Gasteiger partial charge in [-0.1, -0.05) is 18.2 Å². The first kappa shape index (κ1) is 22.9. The Labute approximate surface area is 183 Å². The Morgan fingerprint density at radius 2 is 1.81 bits per heavy atom. The summed E-state index contributed by atoms with van der Waals surface area (Å²) >= 11 is 0. The summed E-state index contributed by atoms with van der Waals surface area (Å²) < 4.78 is 16.1. The molecule has 7 heteroatoms. The minimum Gasteiger partial charge on any atom is -0.497 e. The maximum Gasteiger partial charge on any atom is 0.222 e. The van der Waals surface area contributed by atoms with Gasteiger partial charge in [0.25, 0.3) is 0 Å². The second kappa shape index (κ2) is 11.6. The van der Waals surface area contributed by atoms with Gasteiger partial charge in [0.05, 0.1) is 20.8 Å². The van der Waals surface area contributed by atoms with Crippen molar-refractivity contribution < 1.29 is 24.1 Å². The van der Waals surface area contributed by atoms with E-state index in [-0.39, 0.29) is 25.1 Å². The van der Waals surface area contributed by atoms with E-state index >= 15 is 0 Å². The number of methoxy groups -OCH3 is 2. The first-order chi connectivity index (χ1) is 15.1. The quantitative estimate of drug-likeness (QED) is 0.506. The number of carbonyl (C=O) groups excluding carboxylic acids is 1. The predicted octanol–water partition coefficient (Wildman–Crippen LogP) is 2.61. The third kappa shape index (κ3) is 6.87. The lowest BCUT2D eigenvalue weighted by Crippen LogP contribution is -2.42. The van der Waals surface area contributed by atoms with Crippen LogP contribution in [0.25, 0.3) is 0 Å². The minimum atomic E-state index is -0.750. The van der Waals surface area contributed by atoms with Gasteiger partial charge >= 0.3 is 0 Å². The largest absolute Gasteiger partial charge is 0.497 e. The van der Waals surface area contributed by atoms with Crippen LogP contribution in [-0.2, 0) is 11.3 Å². The van der Waals surface area contributed by atoms with Crippen molar-refractivity contribution in [1.29, 1.82) is 0 Å². The van der Waals surface area contributed by atoms with Crippen LogP contribution in [0.2, 0.25) is 0 Å². The highest BCUT2D eigenvalue weighted by atomic mass is 16.5. The van der Waals surface area contributed by atoms with Crippen LogP contribution >= 0.6 is 0 Å². The monoisotopic (exact) mass is 428 g/mol. The van der Waals surface area contributed by atoms with Crippen LogP contribution in [-0.4, -0.2) is 62.0 Å². The van der Waals surface area contributed by atoms with Gasteiger partial charge in [0.2, 0.25) is 5.91 Å². The summed E-state index contributed by atoms with van der Waals surface area (Å²) in [6.07, 6.45) is 1.45. The number of ether oxygens (including phenoxy) is 3. The summed E-state index contributed by atoms with van der Waals surface area (Å²) in [7, 11) is 3.26. The number of nitrogens with one attached hydrogen (secondary N) is 1. The zero-order chi connectivity index (χ0) is 22.1. The summed E-state index contributed by atoms with van der Waals surface area (Å²) in [5, 5.41) is 13.9. The van der Waals surface area contributed by atoms with E-state index in [4.69, 9.17) is 14.2 Å². The predicted molar refractivity (Wildman–Crippen MR) is 119 cm³/mol. The van der Waals surface area contributed by atoms with E-state index < -0.39 is 6.10 Å². The van der Waals surface area contributed by atoms with E-state index in [0.29, 0.717) is 17.9 Å².